The summed E-state index contributed by atoms with van der Waals surface area (Å²) in [4.78, 5) is 6.37. The summed E-state index contributed by atoms with van der Waals surface area (Å²) >= 11 is 0. The van der Waals surface area contributed by atoms with Crippen LogP contribution in [-0.4, -0.2) is 58.2 Å². The topological polar surface area (TPSA) is 55.2 Å². The first-order valence-electron chi connectivity index (χ1n) is 10.7. The summed E-state index contributed by atoms with van der Waals surface area (Å²) < 4.78 is 48.6. The molecule has 0 unspecified atom stereocenters. The average Bonchev–Trinajstić information content (AvgIpc) is 3.14. The van der Waals surface area contributed by atoms with E-state index in [1.807, 2.05) is 25.1 Å². The molecule has 2 atom stereocenters. The van der Waals surface area contributed by atoms with Crippen molar-refractivity contribution in [2.24, 2.45) is 0 Å². The van der Waals surface area contributed by atoms with E-state index in [1.54, 1.807) is 0 Å². The second kappa shape index (κ2) is 8.55. The van der Waals surface area contributed by atoms with Crippen molar-refractivity contribution in [3.63, 3.8) is 0 Å². The van der Waals surface area contributed by atoms with Gasteiger partial charge in [-0.15, -0.1) is 5.10 Å². The van der Waals surface area contributed by atoms with Crippen LogP contribution in [0.4, 0.5) is 24.8 Å². The van der Waals surface area contributed by atoms with Gasteiger partial charge in [0.1, 0.15) is 24.1 Å². The van der Waals surface area contributed by atoms with Crippen molar-refractivity contribution in [1.29, 1.82) is 0 Å². The van der Waals surface area contributed by atoms with Crippen LogP contribution in [0.1, 0.15) is 23.5 Å². The van der Waals surface area contributed by atoms with Crippen molar-refractivity contribution in [2.75, 3.05) is 31.6 Å². The van der Waals surface area contributed by atoms with Gasteiger partial charge in [0.2, 0.25) is 5.95 Å². The molecule has 0 amide bonds. The smallest absolute Gasteiger partial charge is 0.246 e. The highest BCUT2D eigenvalue weighted by molar-refractivity contribution is 5.56. The average molecular weight is 443 g/mol. The van der Waals surface area contributed by atoms with Gasteiger partial charge in [0.05, 0.1) is 24.9 Å². The van der Waals surface area contributed by atoms with Crippen LogP contribution >= 0.6 is 0 Å². The molecule has 2 fully saturated rings. The van der Waals surface area contributed by atoms with E-state index < -0.39 is 17.8 Å². The van der Waals surface area contributed by atoms with Crippen LogP contribution in [0.15, 0.2) is 42.7 Å². The van der Waals surface area contributed by atoms with Crippen molar-refractivity contribution in [1.82, 2.24) is 19.7 Å². The van der Waals surface area contributed by atoms with E-state index in [9.17, 15) is 8.78 Å². The minimum absolute atomic E-state index is 0.173. The maximum absolute atomic E-state index is 15.1. The van der Waals surface area contributed by atoms with Gasteiger partial charge in [0.15, 0.2) is 0 Å². The molecular weight excluding hydrogens is 419 g/mol. The highest BCUT2D eigenvalue weighted by Gasteiger charge is 2.36. The van der Waals surface area contributed by atoms with E-state index in [-0.39, 0.29) is 17.6 Å². The summed E-state index contributed by atoms with van der Waals surface area (Å²) in [6.45, 7) is 4.62. The number of halogens is 3. The highest BCUT2D eigenvalue weighted by Crippen LogP contribution is 2.34. The first kappa shape index (κ1) is 21.0. The fourth-order valence-electron chi connectivity index (χ4n) is 4.41. The lowest BCUT2D eigenvalue weighted by molar-refractivity contribution is -0.0806. The van der Waals surface area contributed by atoms with Crippen LogP contribution in [0.25, 0.3) is 5.69 Å². The van der Waals surface area contributed by atoms with E-state index >= 15 is 4.39 Å². The fraction of sp³-hybridized carbons (Fsp3) is 0.391. The first-order chi connectivity index (χ1) is 15.4. The molecule has 0 aliphatic carbocycles. The lowest BCUT2D eigenvalue weighted by atomic mass is 9.86. The van der Waals surface area contributed by atoms with Gasteiger partial charge in [-0.2, -0.15) is 4.98 Å². The van der Waals surface area contributed by atoms with Gasteiger partial charge in [-0.05, 0) is 55.3 Å². The Bertz CT molecular complexity index is 1100. The molecule has 5 rings (SSSR count). The summed E-state index contributed by atoms with van der Waals surface area (Å²) in [5, 5.41) is 7.38. The molecule has 6 nitrogen and oxygen atoms in total. The zero-order valence-electron chi connectivity index (χ0n) is 17.6. The van der Waals surface area contributed by atoms with Crippen LogP contribution in [0, 0.1) is 18.6 Å². The first-order valence-corrected chi connectivity index (χ1v) is 10.7. The Morgan fingerprint density at radius 3 is 2.53 bits per heavy atom. The molecule has 9 heteroatoms. The van der Waals surface area contributed by atoms with Crippen molar-refractivity contribution in [2.45, 2.75) is 31.5 Å². The van der Waals surface area contributed by atoms with Crippen molar-refractivity contribution in [3.8, 4) is 5.69 Å². The third kappa shape index (κ3) is 4.35. The number of hydrogen-bond donors (Lipinski definition) is 1. The molecule has 2 aliphatic rings. The molecule has 0 spiro atoms. The fourth-order valence-corrected chi connectivity index (χ4v) is 4.41. The lowest BCUT2D eigenvalue weighted by Crippen LogP contribution is -2.54. The Balaban J connectivity index is 1.32. The summed E-state index contributed by atoms with van der Waals surface area (Å²) in [6.07, 6.45) is 1.18. The van der Waals surface area contributed by atoms with Crippen LogP contribution in [0.2, 0.25) is 0 Å². The Hall–Kier alpha value is -2.91. The van der Waals surface area contributed by atoms with Gasteiger partial charge in [-0.25, -0.2) is 17.9 Å². The van der Waals surface area contributed by atoms with Gasteiger partial charge in [0.25, 0.3) is 0 Å². The second-order valence-corrected chi connectivity index (χ2v) is 8.50. The quantitative estimate of drug-likeness (QED) is 0.643. The normalized spacial score (nSPS) is 22.0. The van der Waals surface area contributed by atoms with E-state index in [0.29, 0.717) is 25.8 Å². The molecule has 32 heavy (non-hydrogen) atoms. The number of ether oxygens (including phenoxy) is 1. The summed E-state index contributed by atoms with van der Waals surface area (Å²) in [5.74, 6) is -1.27. The van der Waals surface area contributed by atoms with Crippen molar-refractivity contribution >= 4 is 11.6 Å². The van der Waals surface area contributed by atoms with Gasteiger partial charge in [-0.1, -0.05) is 6.07 Å². The zero-order valence-corrected chi connectivity index (χ0v) is 17.6. The van der Waals surface area contributed by atoms with Crippen molar-refractivity contribution in [3.05, 3.63) is 65.5 Å². The Morgan fingerprint density at radius 1 is 1.06 bits per heavy atom. The Labute approximate surface area is 184 Å². The summed E-state index contributed by atoms with van der Waals surface area (Å²) in [6, 6.07) is 9.38. The molecule has 3 heterocycles. The largest absolute Gasteiger partial charge is 0.378 e. The molecule has 1 aromatic heterocycles. The number of benzene rings is 2. The predicted octanol–water partition coefficient (Wildman–Crippen LogP) is 4.12. The maximum Gasteiger partial charge on any atom is 0.246 e. The van der Waals surface area contributed by atoms with Crippen LogP contribution < -0.4 is 5.32 Å². The Kier molecular flexibility index (Phi) is 5.60. The molecule has 0 saturated carbocycles. The number of likely N-dealkylation sites (tertiary alicyclic amines) is 1. The lowest BCUT2D eigenvalue weighted by Gasteiger charge is -2.43. The maximum atomic E-state index is 15.1. The highest BCUT2D eigenvalue weighted by atomic mass is 19.1. The van der Waals surface area contributed by atoms with E-state index in [0.717, 1.165) is 35.8 Å². The number of nitrogens with zero attached hydrogens (tertiary/aromatic N) is 4. The molecule has 0 bridgehead atoms. The molecular formula is C23H24F3N5O. The number of nitrogens with one attached hydrogen (secondary N) is 1. The molecule has 2 aliphatic heterocycles. The summed E-state index contributed by atoms with van der Waals surface area (Å²) in [7, 11) is 0. The number of aryl methyl sites for hydroxylation is 1. The molecule has 1 N–H and O–H groups in total. The van der Waals surface area contributed by atoms with E-state index in [1.165, 1.54) is 23.1 Å². The molecule has 0 radical (unpaired) electrons. The third-order valence-corrected chi connectivity index (χ3v) is 6.10. The molecule has 3 aromatic rings. The molecule has 2 saturated heterocycles. The number of aromatic nitrogens is 3. The van der Waals surface area contributed by atoms with Crippen LogP contribution in [0.3, 0.4) is 0 Å². The van der Waals surface area contributed by atoms with Gasteiger partial charge < -0.3 is 10.1 Å². The molecule has 2 aromatic carbocycles. The van der Waals surface area contributed by atoms with Gasteiger partial charge in [-0.3, -0.25) is 4.90 Å². The number of hydrogen-bond acceptors (Lipinski definition) is 5. The second-order valence-electron chi connectivity index (χ2n) is 8.50. The van der Waals surface area contributed by atoms with Crippen LogP contribution in [-0.2, 0) is 4.74 Å². The number of alkyl halides is 1. The monoisotopic (exact) mass is 443 g/mol. The number of anilines is 2. The van der Waals surface area contributed by atoms with Gasteiger partial charge >= 0.3 is 0 Å². The predicted molar refractivity (Wildman–Crippen MR) is 114 cm³/mol. The minimum atomic E-state index is -0.945. The number of piperidine rings is 1. The van der Waals surface area contributed by atoms with E-state index in [2.05, 4.69) is 20.3 Å². The molecule has 168 valence electrons. The minimum Gasteiger partial charge on any atom is -0.378 e. The van der Waals surface area contributed by atoms with Crippen molar-refractivity contribution < 1.29 is 17.9 Å². The van der Waals surface area contributed by atoms with Crippen LogP contribution in [0.5, 0.6) is 0 Å². The van der Waals surface area contributed by atoms with Gasteiger partial charge in [0, 0.05) is 24.2 Å². The standard InChI is InChI=1S/C23H24F3N5O/c1-14-4-15(21-2-3-30(10-22(21)26)20-11-32-12-20)6-18(5-14)28-23-27-13-31(29-23)19-8-16(24)7-17(25)9-19/h4-9,13,20-22H,2-3,10-12H2,1H3,(H,28,29)/t21-,22-/m1/s1. The third-order valence-electron chi connectivity index (χ3n) is 6.10. The Morgan fingerprint density at radius 2 is 1.84 bits per heavy atom. The zero-order chi connectivity index (χ0) is 22.2. The summed E-state index contributed by atoms with van der Waals surface area (Å²) in [5.41, 5.74) is 2.91. The van der Waals surface area contributed by atoms with E-state index in [4.69, 9.17) is 4.74 Å². The SMILES string of the molecule is Cc1cc(Nc2ncn(-c3cc(F)cc(F)c3)n2)cc([C@H]2CCN(C3COC3)C[C@H]2F)c1. The number of rotatable bonds is 5.